The molecule has 0 saturated heterocycles. The van der Waals surface area contributed by atoms with Crippen LogP contribution in [-0.4, -0.2) is 39.3 Å². The summed E-state index contributed by atoms with van der Waals surface area (Å²) in [5.74, 6) is 0.834. The lowest BCUT2D eigenvalue weighted by atomic mass is 10.1. The average molecular weight is 422 g/mol. The molecule has 0 radical (unpaired) electrons. The Morgan fingerprint density at radius 3 is 2.21 bits per heavy atom. The molecule has 0 heterocycles. The quantitative estimate of drug-likeness (QED) is 0.619. The van der Waals surface area contributed by atoms with Crippen molar-refractivity contribution in [2.24, 2.45) is 0 Å². The third kappa shape index (κ3) is 6.57. The molecular weight excluding hydrogens is 398 g/mol. The van der Waals surface area contributed by atoms with Crippen LogP contribution >= 0.6 is 11.6 Å². The molecule has 1 amide bonds. The van der Waals surface area contributed by atoms with Crippen LogP contribution in [0.1, 0.15) is 18.9 Å². The van der Waals surface area contributed by atoms with E-state index in [0.29, 0.717) is 34.4 Å². The zero-order valence-corrected chi connectivity index (χ0v) is 17.5. The summed E-state index contributed by atoms with van der Waals surface area (Å²) in [5.41, 5.74) is 1.34. The van der Waals surface area contributed by atoms with Crippen molar-refractivity contribution in [1.29, 1.82) is 0 Å². The Labute approximate surface area is 174 Å². The van der Waals surface area contributed by atoms with Gasteiger partial charge in [-0.3, -0.25) is 9.59 Å². The van der Waals surface area contributed by atoms with E-state index in [9.17, 15) is 9.59 Å². The van der Waals surface area contributed by atoms with Crippen molar-refractivity contribution < 1.29 is 28.5 Å². The van der Waals surface area contributed by atoms with Crippen LogP contribution in [-0.2, 0) is 20.7 Å². The van der Waals surface area contributed by atoms with E-state index in [4.69, 9.17) is 30.5 Å². The highest BCUT2D eigenvalue weighted by Gasteiger charge is 2.18. The molecule has 2 aromatic carbocycles. The molecule has 0 fully saturated rings. The lowest BCUT2D eigenvalue weighted by molar-refractivity contribution is -0.153. The Bertz CT molecular complexity index is 848. The van der Waals surface area contributed by atoms with Crippen LogP contribution in [0.15, 0.2) is 36.4 Å². The Hall–Kier alpha value is -2.93. The van der Waals surface area contributed by atoms with Crippen LogP contribution in [0.3, 0.4) is 0 Å². The minimum Gasteiger partial charge on any atom is -0.497 e. The molecular formula is C21H24ClNO6. The number of hydrogen-bond donors (Lipinski definition) is 1. The van der Waals surface area contributed by atoms with Gasteiger partial charge < -0.3 is 24.3 Å². The summed E-state index contributed by atoms with van der Waals surface area (Å²) < 4.78 is 20.7. The first-order chi connectivity index (χ1) is 13.9. The smallest absolute Gasteiger partial charge is 0.306 e. The van der Waals surface area contributed by atoms with E-state index in [0.717, 1.165) is 5.56 Å². The summed E-state index contributed by atoms with van der Waals surface area (Å²) >= 11 is 6.04. The highest BCUT2D eigenvalue weighted by molar-refractivity contribution is 6.32. The Morgan fingerprint density at radius 1 is 1.00 bits per heavy atom. The van der Waals surface area contributed by atoms with E-state index in [1.54, 1.807) is 38.5 Å². The molecule has 0 aliphatic heterocycles. The SMILES string of the molecule is COc1cc(CCC(=O)O[C@@H](C)C(=O)Nc2ccc(OC)c(Cl)c2)cc(OC)c1. The second-order valence-corrected chi connectivity index (χ2v) is 6.60. The molecule has 0 saturated carbocycles. The first kappa shape index (κ1) is 22.4. The van der Waals surface area contributed by atoms with Crippen molar-refractivity contribution in [3.63, 3.8) is 0 Å². The molecule has 29 heavy (non-hydrogen) atoms. The van der Waals surface area contributed by atoms with Gasteiger partial charge in [-0.1, -0.05) is 11.6 Å². The Kier molecular flexibility index (Phi) is 8.15. The number of nitrogens with one attached hydrogen (secondary N) is 1. The zero-order chi connectivity index (χ0) is 21.4. The van der Waals surface area contributed by atoms with E-state index in [1.165, 1.54) is 14.0 Å². The molecule has 2 rings (SSSR count). The molecule has 0 aliphatic rings. The summed E-state index contributed by atoms with van der Waals surface area (Å²) in [6.07, 6.45) is -0.417. The van der Waals surface area contributed by atoms with Crippen LogP contribution in [0.2, 0.25) is 5.02 Å². The largest absolute Gasteiger partial charge is 0.497 e. The number of hydrogen-bond acceptors (Lipinski definition) is 6. The van der Waals surface area contributed by atoms with Crippen molar-refractivity contribution in [2.45, 2.75) is 25.9 Å². The molecule has 0 unspecified atom stereocenters. The van der Waals surface area contributed by atoms with Crippen molar-refractivity contribution in [3.05, 3.63) is 47.0 Å². The van der Waals surface area contributed by atoms with Gasteiger partial charge in [0.1, 0.15) is 17.2 Å². The predicted molar refractivity (Wildman–Crippen MR) is 110 cm³/mol. The molecule has 0 spiro atoms. The number of aryl methyl sites for hydroxylation is 1. The van der Waals surface area contributed by atoms with Crippen LogP contribution in [0, 0.1) is 0 Å². The fourth-order valence-electron chi connectivity index (χ4n) is 2.55. The second-order valence-electron chi connectivity index (χ2n) is 6.19. The van der Waals surface area contributed by atoms with Gasteiger partial charge in [-0.25, -0.2) is 0 Å². The molecule has 0 aliphatic carbocycles. The van der Waals surface area contributed by atoms with Gasteiger partial charge in [-0.15, -0.1) is 0 Å². The number of anilines is 1. The first-order valence-electron chi connectivity index (χ1n) is 8.92. The van der Waals surface area contributed by atoms with Crippen LogP contribution in [0.5, 0.6) is 17.2 Å². The molecule has 1 N–H and O–H groups in total. The molecule has 156 valence electrons. The number of esters is 1. The van der Waals surface area contributed by atoms with Gasteiger partial charge in [0.05, 0.1) is 26.4 Å². The monoisotopic (exact) mass is 421 g/mol. The number of methoxy groups -OCH3 is 3. The van der Waals surface area contributed by atoms with Crippen LogP contribution < -0.4 is 19.5 Å². The maximum absolute atomic E-state index is 12.3. The zero-order valence-electron chi connectivity index (χ0n) is 16.8. The summed E-state index contributed by atoms with van der Waals surface area (Å²) in [6.45, 7) is 1.51. The normalized spacial score (nSPS) is 11.3. The molecule has 1 atom stereocenters. The summed E-state index contributed by atoms with van der Waals surface area (Å²) in [6, 6.07) is 10.2. The van der Waals surface area contributed by atoms with Gasteiger partial charge in [-0.05, 0) is 49.2 Å². The number of ether oxygens (including phenoxy) is 4. The lowest BCUT2D eigenvalue weighted by Crippen LogP contribution is -2.30. The minimum absolute atomic E-state index is 0.113. The van der Waals surface area contributed by atoms with Gasteiger partial charge in [-0.2, -0.15) is 0 Å². The highest BCUT2D eigenvalue weighted by Crippen LogP contribution is 2.27. The number of amides is 1. The molecule has 8 heteroatoms. The van der Waals surface area contributed by atoms with E-state index < -0.39 is 18.0 Å². The van der Waals surface area contributed by atoms with Gasteiger partial charge in [0.25, 0.3) is 5.91 Å². The fourth-order valence-corrected chi connectivity index (χ4v) is 2.81. The van der Waals surface area contributed by atoms with Crippen molar-refractivity contribution in [1.82, 2.24) is 0 Å². The van der Waals surface area contributed by atoms with E-state index >= 15 is 0 Å². The maximum Gasteiger partial charge on any atom is 0.306 e. The molecule has 0 aromatic heterocycles. The third-order valence-electron chi connectivity index (χ3n) is 4.13. The second kappa shape index (κ2) is 10.6. The first-order valence-corrected chi connectivity index (χ1v) is 9.30. The number of rotatable bonds is 9. The number of halogens is 1. The van der Waals surface area contributed by atoms with E-state index in [-0.39, 0.29) is 6.42 Å². The highest BCUT2D eigenvalue weighted by atomic mass is 35.5. The third-order valence-corrected chi connectivity index (χ3v) is 4.42. The van der Waals surface area contributed by atoms with Crippen LogP contribution in [0.4, 0.5) is 5.69 Å². The molecule has 7 nitrogen and oxygen atoms in total. The molecule has 2 aromatic rings. The van der Waals surface area contributed by atoms with Gasteiger partial charge in [0.2, 0.25) is 0 Å². The maximum atomic E-state index is 12.3. The minimum atomic E-state index is -0.955. The summed E-state index contributed by atoms with van der Waals surface area (Å²) in [7, 11) is 4.62. The van der Waals surface area contributed by atoms with Crippen molar-refractivity contribution >= 4 is 29.2 Å². The van der Waals surface area contributed by atoms with Gasteiger partial charge in [0.15, 0.2) is 6.10 Å². The van der Waals surface area contributed by atoms with Gasteiger partial charge in [0, 0.05) is 18.2 Å². The lowest BCUT2D eigenvalue weighted by Gasteiger charge is -2.14. The van der Waals surface area contributed by atoms with Crippen LogP contribution in [0.25, 0.3) is 0 Å². The number of benzene rings is 2. The van der Waals surface area contributed by atoms with E-state index in [1.807, 2.05) is 12.1 Å². The molecule has 0 bridgehead atoms. The average Bonchev–Trinajstić information content (AvgIpc) is 2.72. The topological polar surface area (TPSA) is 83.1 Å². The fraction of sp³-hybridized carbons (Fsp3) is 0.333. The summed E-state index contributed by atoms with van der Waals surface area (Å²) in [5, 5.41) is 3.02. The number of carbonyl (C=O) groups excluding carboxylic acids is 2. The van der Waals surface area contributed by atoms with Gasteiger partial charge >= 0.3 is 5.97 Å². The van der Waals surface area contributed by atoms with Crippen molar-refractivity contribution in [2.75, 3.05) is 26.6 Å². The van der Waals surface area contributed by atoms with Crippen molar-refractivity contribution in [3.8, 4) is 17.2 Å². The number of carbonyl (C=O) groups is 2. The standard InChI is InChI=1S/C21H24ClNO6/c1-13(21(25)23-15-6-7-19(28-4)18(22)11-15)29-20(24)8-5-14-9-16(26-2)12-17(10-14)27-3/h6-7,9-13H,5,8H2,1-4H3,(H,23,25)/t13-/m0/s1. The Balaban J connectivity index is 1.88. The summed E-state index contributed by atoms with van der Waals surface area (Å²) in [4.78, 5) is 24.4. The van der Waals surface area contributed by atoms with E-state index in [2.05, 4.69) is 5.32 Å². The predicted octanol–water partition coefficient (Wildman–Crippen LogP) is 3.87. The Morgan fingerprint density at radius 2 is 1.66 bits per heavy atom.